The summed E-state index contributed by atoms with van der Waals surface area (Å²) in [5, 5.41) is 7.85. The van der Waals surface area contributed by atoms with Crippen LogP contribution in [0.1, 0.15) is 19.8 Å². The first-order chi connectivity index (χ1) is 12.4. The highest BCUT2D eigenvalue weighted by Gasteiger charge is 2.23. The molecule has 0 radical (unpaired) electrons. The standard InChI is InChI=1S/C17H19FN4O3S/c1-3-4-9-22(2)26(23,24)14-10-15(19-11-14)17-21-20-16(25-17)12-5-7-13(18)8-6-12/h5-8,10-11,19H,3-4,9H2,1-2H3. The van der Waals surface area contributed by atoms with E-state index in [2.05, 4.69) is 15.2 Å². The Morgan fingerprint density at radius 2 is 1.88 bits per heavy atom. The van der Waals surface area contributed by atoms with Gasteiger partial charge < -0.3 is 9.40 Å². The molecule has 9 heteroatoms. The van der Waals surface area contributed by atoms with Crippen molar-refractivity contribution in [3.8, 4) is 23.0 Å². The minimum Gasteiger partial charge on any atom is -0.415 e. The van der Waals surface area contributed by atoms with E-state index in [-0.39, 0.29) is 22.5 Å². The summed E-state index contributed by atoms with van der Waals surface area (Å²) in [7, 11) is -2.03. The molecular weight excluding hydrogens is 359 g/mol. The Hall–Kier alpha value is -2.52. The zero-order valence-electron chi connectivity index (χ0n) is 14.4. The van der Waals surface area contributed by atoms with Crippen LogP contribution in [0.4, 0.5) is 4.39 Å². The summed E-state index contributed by atoms with van der Waals surface area (Å²) in [5.74, 6) is 0.0148. The summed E-state index contributed by atoms with van der Waals surface area (Å²) in [6.45, 7) is 2.46. The quantitative estimate of drug-likeness (QED) is 0.681. The van der Waals surface area contributed by atoms with Crippen molar-refractivity contribution in [2.45, 2.75) is 24.7 Å². The van der Waals surface area contributed by atoms with E-state index in [0.717, 1.165) is 12.8 Å². The number of aromatic nitrogens is 3. The van der Waals surface area contributed by atoms with E-state index in [0.29, 0.717) is 17.8 Å². The molecule has 0 saturated carbocycles. The van der Waals surface area contributed by atoms with Crippen LogP contribution in [-0.2, 0) is 10.0 Å². The summed E-state index contributed by atoms with van der Waals surface area (Å²) < 4.78 is 45.0. The Bertz CT molecular complexity index is 980. The topological polar surface area (TPSA) is 92.1 Å². The van der Waals surface area contributed by atoms with E-state index in [4.69, 9.17) is 4.42 Å². The van der Waals surface area contributed by atoms with Gasteiger partial charge in [0.15, 0.2) is 0 Å². The van der Waals surface area contributed by atoms with Gasteiger partial charge in [0.25, 0.3) is 5.89 Å². The van der Waals surface area contributed by atoms with Crippen LogP contribution in [0, 0.1) is 5.82 Å². The summed E-state index contributed by atoms with van der Waals surface area (Å²) in [4.78, 5) is 2.98. The Kier molecular flexibility index (Phi) is 5.19. The Labute approximate surface area is 150 Å². The van der Waals surface area contributed by atoms with Crippen molar-refractivity contribution in [3.05, 3.63) is 42.3 Å². The van der Waals surface area contributed by atoms with E-state index in [1.54, 1.807) is 7.05 Å². The van der Waals surface area contributed by atoms with Gasteiger partial charge in [-0.1, -0.05) is 13.3 Å². The third kappa shape index (κ3) is 3.68. The van der Waals surface area contributed by atoms with Crippen molar-refractivity contribution in [1.82, 2.24) is 19.5 Å². The van der Waals surface area contributed by atoms with E-state index >= 15 is 0 Å². The summed E-state index contributed by atoms with van der Waals surface area (Å²) in [6.07, 6.45) is 3.10. The molecule has 0 aliphatic carbocycles. The lowest BCUT2D eigenvalue weighted by Gasteiger charge is -2.15. The second kappa shape index (κ2) is 7.38. The predicted octanol–water partition coefficient (Wildman–Crippen LogP) is 3.29. The maximum absolute atomic E-state index is 13.0. The normalized spacial score (nSPS) is 12.0. The first-order valence-electron chi connectivity index (χ1n) is 8.16. The molecule has 138 valence electrons. The van der Waals surface area contributed by atoms with Crippen LogP contribution < -0.4 is 0 Å². The molecule has 0 spiro atoms. The zero-order chi connectivity index (χ0) is 18.7. The Balaban J connectivity index is 1.83. The highest BCUT2D eigenvalue weighted by atomic mass is 32.2. The second-order valence-corrected chi connectivity index (χ2v) is 7.89. The largest absolute Gasteiger partial charge is 0.415 e. The molecule has 2 aromatic heterocycles. The van der Waals surface area contributed by atoms with Gasteiger partial charge in [-0.15, -0.1) is 10.2 Å². The van der Waals surface area contributed by atoms with Gasteiger partial charge in [-0.05, 0) is 36.8 Å². The number of hydrogen-bond acceptors (Lipinski definition) is 5. The fourth-order valence-electron chi connectivity index (χ4n) is 2.37. The number of sulfonamides is 1. The molecular formula is C17H19FN4O3S. The van der Waals surface area contributed by atoms with Crippen molar-refractivity contribution in [3.63, 3.8) is 0 Å². The predicted molar refractivity (Wildman–Crippen MR) is 94.2 cm³/mol. The fraction of sp³-hybridized carbons (Fsp3) is 0.294. The van der Waals surface area contributed by atoms with Gasteiger partial charge in [0.05, 0.1) is 0 Å². The third-order valence-electron chi connectivity index (χ3n) is 3.94. The molecule has 2 heterocycles. The molecule has 1 N–H and O–H groups in total. The van der Waals surface area contributed by atoms with Gasteiger partial charge >= 0.3 is 0 Å². The van der Waals surface area contributed by atoms with Crippen LogP contribution in [0.2, 0.25) is 0 Å². The molecule has 1 aromatic carbocycles. The highest BCUT2D eigenvalue weighted by molar-refractivity contribution is 7.89. The lowest BCUT2D eigenvalue weighted by atomic mass is 10.2. The lowest BCUT2D eigenvalue weighted by molar-refractivity contribution is 0.459. The van der Waals surface area contributed by atoms with E-state index in [1.807, 2.05) is 6.92 Å². The number of rotatable bonds is 7. The van der Waals surface area contributed by atoms with Crippen molar-refractivity contribution in [2.24, 2.45) is 0 Å². The number of nitrogens with one attached hydrogen (secondary N) is 1. The van der Waals surface area contributed by atoms with E-state index < -0.39 is 10.0 Å². The third-order valence-corrected chi connectivity index (χ3v) is 5.77. The molecule has 0 aliphatic heterocycles. The van der Waals surface area contributed by atoms with Crippen LogP contribution >= 0.6 is 0 Å². The Morgan fingerprint density at radius 1 is 1.19 bits per heavy atom. The van der Waals surface area contributed by atoms with E-state index in [1.165, 1.54) is 40.8 Å². The maximum Gasteiger partial charge on any atom is 0.264 e. The molecule has 3 aromatic rings. The number of hydrogen-bond donors (Lipinski definition) is 1. The molecule has 0 aliphatic rings. The fourth-order valence-corrected chi connectivity index (χ4v) is 3.57. The number of nitrogens with zero attached hydrogens (tertiary/aromatic N) is 3. The van der Waals surface area contributed by atoms with Gasteiger partial charge in [0.1, 0.15) is 16.4 Å². The van der Waals surface area contributed by atoms with Crippen molar-refractivity contribution in [1.29, 1.82) is 0 Å². The highest BCUT2D eigenvalue weighted by Crippen LogP contribution is 2.26. The zero-order valence-corrected chi connectivity index (χ0v) is 15.3. The number of H-pyrrole nitrogens is 1. The van der Waals surface area contributed by atoms with Crippen molar-refractivity contribution in [2.75, 3.05) is 13.6 Å². The maximum atomic E-state index is 13.0. The number of halogens is 1. The summed E-state index contributed by atoms with van der Waals surface area (Å²) in [6, 6.07) is 7.11. The first-order valence-corrected chi connectivity index (χ1v) is 9.60. The average Bonchev–Trinajstić information content (AvgIpc) is 3.29. The number of benzene rings is 1. The van der Waals surface area contributed by atoms with Crippen LogP contribution in [-0.4, -0.2) is 41.5 Å². The monoisotopic (exact) mass is 378 g/mol. The molecule has 26 heavy (non-hydrogen) atoms. The number of aromatic amines is 1. The molecule has 0 saturated heterocycles. The molecule has 0 atom stereocenters. The summed E-state index contributed by atoms with van der Waals surface area (Å²) >= 11 is 0. The SMILES string of the molecule is CCCCN(C)S(=O)(=O)c1c[nH]c(-c2nnc(-c3ccc(F)cc3)o2)c1. The minimum absolute atomic E-state index is 0.132. The van der Waals surface area contributed by atoms with Gasteiger partial charge in [-0.25, -0.2) is 17.1 Å². The minimum atomic E-state index is -3.58. The van der Waals surface area contributed by atoms with Crippen LogP contribution in [0.25, 0.3) is 23.0 Å². The van der Waals surface area contributed by atoms with Crippen molar-refractivity contribution < 1.29 is 17.2 Å². The molecule has 3 rings (SSSR count). The Morgan fingerprint density at radius 3 is 2.58 bits per heavy atom. The first kappa shape index (κ1) is 18.3. The molecule has 0 amide bonds. The lowest BCUT2D eigenvalue weighted by Crippen LogP contribution is -2.27. The molecule has 0 unspecified atom stereocenters. The second-order valence-electron chi connectivity index (χ2n) is 5.85. The summed E-state index contributed by atoms with van der Waals surface area (Å²) in [5.41, 5.74) is 0.970. The van der Waals surface area contributed by atoms with E-state index in [9.17, 15) is 12.8 Å². The van der Waals surface area contributed by atoms with Gasteiger partial charge in [0.2, 0.25) is 15.9 Å². The average molecular weight is 378 g/mol. The number of unbranched alkanes of at least 4 members (excludes halogenated alkanes) is 1. The van der Waals surface area contributed by atoms with Gasteiger partial charge in [0, 0.05) is 25.4 Å². The van der Waals surface area contributed by atoms with Gasteiger partial charge in [-0.2, -0.15) is 0 Å². The molecule has 0 bridgehead atoms. The van der Waals surface area contributed by atoms with Crippen molar-refractivity contribution >= 4 is 10.0 Å². The molecule has 7 nitrogen and oxygen atoms in total. The van der Waals surface area contributed by atoms with Crippen LogP contribution in [0.5, 0.6) is 0 Å². The van der Waals surface area contributed by atoms with Gasteiger partial charge in [-0.3, -0.25) is 0 Å². The smallest absolute Gasteiger partial charge is 0.264 e. The van der Waals surface area contributed by atoms with Crippen LogP contribution in [0.15, 0.2) is 45.8 Å². The molecule has 0 fully saturated rings. The van der Waals surface area contributed by atoms with Crippen LogP contribution in [0.3, 0.4) is 0 Å².